The Labute approximate surface area is 144 Å². The molecule has 2 aromatic rings. The van der Waals surface area contributed by atoms with Gasteiger partial charge in [-0.15, -0.1) is 11.3 Å². The van der Waals surface area contributed by atoms with Crippen molar-refractivity contribution >= 4 is 23.1 Å². The third kappa shape index (κ3) is 3.73. The van der Waals surface area contributed by atoms with Crippen LogP contribution in [-0.2, 0) is 0 Å². The fraction of sp³-hybridized carbons (Fsp3) is 0.412. The lowest BCUT2D eigenvalue weighted by molar-refractivity contribution is -0.0000117. The molecule has 0 unspecified atom stereocenters. The average Bonchev–Trinajstić information content (AvgIpc) is 3.08. The molecule has 1 amide bonds. The highest BCUT2D eigenvalue weighted by Gasteiger charge is 2.36. The molecule has 0 saturated carbocycles. The number of amides is 1. The van der Waals surface area contributed by atoms with Crippen LogP contribution in [0.5, 0.6) is 0 Å². The van der Waals surface area contributed by atoms with Gasteiger partial charge in [0.2, 0.25) is 0 Å². The van der Waals surface area contributed by atoms with E-state index >= 15 is 0 Å². The van der Waals surface area contributed by atoms with Gasteiger partial charge in [-0.2, -0.15) is 0 Å². The molecule has 0 aromatic carbocycles. The number of pyridine rings is 1. The number of piperidine rings is 1. The second kappa shape index (κ2) is 6.86. The summed E-state index contributed by atoms with van der Waals surface area (Å²) in [5.41, 5.74) is -1.00. The van der Waals surface area contributed by atoms with E-state index in [0.717, 1.165) is 13.0 Å². The van der Waals surface area contributed by atoms with Crippen LogP contribution in [0.15, 0.2) is 35.8 Å². The molecule has 1 saturated heterocycles. The van der Waals surface area contributed by atoms with Crippen molar-refractivity contribution in [2.24, 2.45) is 0 Å². The van der Waals surface area contributed by atoms with Crippen molar-refractivity contribution in [3.8, 4) is 0 Å². The van der Waals surface area contributed by atoms with Crippen molar-refractivity contribution in [1.29, 1.82) is 0 Å². The van der Waals surface area contributed by atoms with Crippen molar-refractivity contribution in [2.75, 3.05) is 31.6 Å². The molecule has 1 aliphatic heterocycles. The number of aromatic nitrogens is 1. The second-order valence-electron chi connectivity index (χ2n) is 6.22. The van der Waals surface area contributed by atoms with Gasteiger partial charge < -0.3 is 14.9 Å². The van der Waals surface area contributed by atoms with Crippen LogP contribution in [0, 0.1) is 5.82 Å². The molecule has 7 heteroatoms. The number of hydrogen-bond donors (Lipinski definition) is 1. The predicted molar refractivity (Wildman–Crippen MR) is 91.9 cm³/mol. The van der Waals surface area contributed by atoms with Gasteiger partial charge in [0.05, 0.1) is 23.2 Å². The van der Waals surface area contributed by atoms with Gasteiger partial charge in [-0.1, -0.05) is 6.07 Å². The molecular formula is C17H20FN3O2S. The SMILES string of the molecule is CN(C[C@@]1(O)CCCN(c2ccc(F)cn2)C1)C(=O)c1cccs1. The highest BCUT2D eigenvalue weighted by molar-refractivity contribution is 7.12. The highest BCUT2D eigenvalue weighted by Crippen LogP contribution is 2.26. The lowest BCUT2D eigenvalue weighted by Crippen LogP contribution is -2.54. The molecule has 1 fully saturated rings. The van der Waals surface area contributed by atoms with E-state index in [9.17, 15) is 14.3 Å². The molecule has 1 aliphatic rings. The van der Waals surface area contributed by atoms with Crippen LogP contribution in [-0.4, -0.2) is 53.2 Å². The van der Waals surface area contributed by atoms with Crippen molar-refractivity contribution < 1.29 is 14.3 Å². The zero-order valence-corrected chi connectivity index (χ0v) is 14.3. The maximum atomic E-state index is 13.0. The number of nitrogens with zero attached hydrogens (tertiary/aromatic N) is 3. The molecule has 24 heavy (non-hydrogen) atoms. The van der Waals surface area contributed by atoms with E-state index in [1.165, 1.54) is 23.6 Å². The number of thiophene rings is 1. The van der Waals surface area contributed by atoms with E-state index in [-0.39, 0.29) is 18.3 Å². The summed E-state index contributed by atoms with van der Waals surface area (Å²) in [5, 5.41) is 12.8. The molecule has 128 valence electrons. The van der Waals surface area contributed by atoms with Gasteiger partial charge in [0.15, 0.2) is 0 Å². The first-order valence-electron chi connectivity index (χ1n) is 7.85. The molecule has 3 heterocycles. The first kappa shape index (κ1) is 16.9. The Balaban J connectivity index is 1.68. The predicted octanol–water partition coefficient (Wildman–Crippen LogP) is 2.39. The fourth-order valence-corrected chi connectivity index (χ4v) is 3.81. The van der Waals surface area contributed by atoms with Crippen molar-refractivity contribution in [2.45, 2.75) is 18.4 Å². The number of aliphatic hydroxyl groups is 1. The fourth-order valence-electron chi connectivity index (χ4n) is 3.09. The zero-order valence-electron chi connectivity index (χ0n) is 13.5. The Kier molecular flexibility index (Phi) is 4.82. The first-order valence-corrected chi connectivity index (χ1v) is 8.73. The Morgan fingerprint density at radius 2 is 2.33 bits per heavy atom. The molecule has 0 bridgehead atoms. The minimum atomic E-state index is -1.00. The molecule has 5 nitrogen and oxygen atoms in total. The Hall–Kier alpha value is -1.99. The molecule has 2 aromatic heterocycles. The largest absolute Gasteiger partial charge is 0.386 e. The molecule has 3 rings (SSSR count). The summed E-state index contributed by atoms with van der Waals surface area (Å²) in [6.07, 6.45) is 2.58. The Morgan fingerprint density at radius 1 is 1.50 bits per heavy atom. The molecule has 0 aliphatic carbocycles. The highest BCUT2D eigenvalue weighted by atomic mass is 32.1. The normalized spacial score (nSPS) is 20.9. The second-order valence-corrected chi connectivity index (χ2v) is 7.17. The number of carbonyl (C=O) groups is 1. The van der Waals surface area contributed by atoms with Gasteiger partial charge in [-0.3, -0.25) is 4.79 Å². The van der Waals surface area contributed by atoms with Crippen LogP contribution in [0.1, 0.15) is 22.5 Å². The minimum Gasteiger partial charge on any atom is -0.386 e. The van der Waals surface area contributed by atoms with E-state index < -0.39 is 5.60 Å². The number of rotatable bonds is 4. The number of β-amino-alcohol motifs (C(OH)–C–C–N with tert-alkyl or cyclic N) is 1. The number of carbonyl (C=O) groups excluding carboxylic acids is 1. The van der Waals surface area contributed by atoms with Crippen LogP contribution in [0.2, 0.25) is 0 Å². The summed E-state index contributed by atoms with van der Waals surface area (Å²) < 4.78 is 13.0. The van der Waals surface area contributed by atoms with E-state index in [2.05, 4.69) is 4.98 Å². The van der Waals surface area contributed by atoms with Gasteiger partial charge in [-0.25, -0.2) is 9.37 Å². The van der Waals surface area contributed by atoms with Crippen LogP contribution >= 0.6 is 11.3 Å². The van der Waals surface area contributed by atoms with E-state index in [4.69, 9.17) is 0 Å². The summed E-state index contributed by atoms with van der Waals surface area (Å²) >= 11 is 1.39. The minimum absolute atomic E-state index is 0.0875. The Morgan fingerprint density at radius 3 is 3.00 bits per heavy atom. The lowest BCUT2D eigenvalue weighted by atomic mass is 9.92. The van der Waals surface area contributed by atoms with Gasteiger partial charge in [0.25, 0.3) is 5.91 Å². The van der Waals surface area contributed by atoms with E-state index in [1.54, 1.807) is 24.1 Å². The third-order valence-corrected chi connectivity index (χ3v) is 5.06. The number of hydrogen-bond acceptors (Lipinski definition) is 5. The number of likely N-dealkylation sites (N-methyl/N-ethyl adjacent to an activating group) is 1. The molecule has 1 N–H and O–H groups in total. The molecular weight excluding hydrogens is 329 g/mol. The van der Waals surface area contributed by atoms with Crippen molar-refractivity contribution in [1.82, 2.24) is 9.88 Å². The molecule has 0 spiro atoms. The quantitative estimate of drug-likeness (QED) is 0.921. The van der Waals surface area contributed by atoms with Crippen LogP contribution < -0.4 is 4.90 Å². The third-order valence-electron chi connectivity index (χ3n) is 4.20. The number of halogens is 1. The van der Waals surface area contributed by atoms with Crippen molar-refractivity contribution in [3.05, 3.63) is 46.5 Å². The van der Waals surface area contributed by atoms with Gasteiger partial charge in [-0.05, 0) is 36.4 Å². The van der Waals surface area contributed by atoms with Crippen molar-refractivity contribution in [3.63, 3.8) is 0 Å². The zero-order chi connectivity index (χ0) is 17.2. The maximum Gasteiger partial charge on any atom is 0.263 e. The summed E-state index contributed by atoms with van der Waals surface area (Å²) in [5.74, 6) is 0.171. The van der Waals surface area contributed by atoms with E-state index in [0.29, 0.717) is 23.7 Å². The maximum absolute atomic E-state index is 13.0. The Bertz CT molecular complexity index is 692. The average molecular weight is 349 g/mol. The molecule has 1 atom stereocenters. The van der Waals surface area contributed by atoms with Gasteiger partial charge in [0, 0.05) is 20.1 Å². The topological polar surface area (TPSA) is 56.7 Å². The first-order chi connectivity index (χ1) is 11.5. The van der Waals surface area contributed by atoms with Crippen LogP contribution in [0.3, 0.4) is 0 Å². The summed E-state index contributed by atoms with van der Waals surface area (Å²) in [4.78, 5) is 20.6. The van der Waals surface area contributed by atoms with Crippen LogP contribution in [0.4, 0.5) is 10.2 Å². The standard InChI is InChI=1S/C17H20FN3O2S/c1-20(16(22)14-4-2-9-24-14)11-17(23)7-3-8-21(12-17)15-6-5-13(18)10-19-15/h2,4-6,9-10,23H,3,7-8,11-12H2,1H3/t17-/m0/s1. The summed E-state index contributed by atoms with van der Waals surface area (Å²) in [6, 6.07) is 6.59. The smallest absolute Gasteiger partial charge is 0.263 e. The monoisotopic (exact) mass is 349 g/mol. The van der Waals surface area contributed by atoms with Gasteiger partial charge >= 0.3 is 0 Å². The summed E-state index contributed by atoms with van der Waals surface area (Å²) in [7, 11) is 1.70. The lowest BCUT2D eigenvalue weighted by Gasteiger charge is -2.41. The number of anilines is 1. The van der Waals surface area contributed by atoms with E-state index in [1.807, 2.05) is 16.3 Å². The van der Waals surface area contributed by atoms with Gasteiger partial charge in [0.1, 0.15) is 11.6 Å². The molecule has 0 radical (unpaired) electrons. The summed E-state index contributed by atoms with van der Waals surface area (Å²) in [6.45, 7) is 1.37. The van der Waals surface area contributed by atoms with Crippen LogP contribution in [0.25, 0.3) is 0 Å².